The molecule has 2 aliphatic heterocycles. The van der Waals surface area contributed by atoms with Crippen molar-refractivity contribution in [2.24, 2.45) is 0 Å². The van der Waals surface area contributed by atoms with Crippen LogP contribution in [0.25, 0.3) is 259 Å². The number of hydrogen-bond acceptors (Lipinski definition) is 12. The summed E-state index contributed by atoms with van der Waals surface area (Å²) in [5, 5.41) is 114. The van der Waals surface area contributed by atoms with E-state index in [-0.39, 0.29) is 74.1 Å². The van der Waals surface area contributed by atoms with Crippen molar-refractivity contribution in [2.45, 2.75) is 21.7 Å². The Kier molecular flexibility index (Phi) is 6.31. The monoisotopic (exact) mass is 1300 g/mol. The first-order chi connectivity index (χ1) is 49.0. The Hall–Kier alpha value is -9.72. The molecule has 472 valence electrons. The summed E-state index contributed by atoms with van der Waals surface area (Å²) >= 11 is 0. The van der Waals surface area contributed by atoms with Crippen LogP contribution in [-0.2, 0) is 59.8 Å². The molecule has 16 nitrogen and oxygen atoms in total. The molecule has 8 aliphatic carbocycles. The fourth-order valence-corrected chi connectivity index (χ4v) is 30.2. The zero-order chi connectivity index (χ0) is 63.9. The molecule has 34 rings (SSSR count). The number of carboxylic acids is 4. The highest BCUT2D eigenvalue weighted by atomic mass is 16.5. The van der Waals surface area contributed by atoms with Crippen LogP contribution in [0, 0.1) is 0 Å². The minimum absolute atomic E-state index is 0.204. The maximum absolute atomic E-state index is 11.6. The van der Waals surface area contributed by atoms with Gasteiger partial charge in [-0.15, -0.1) is 0 Å². The standard InChI is InChI=1S/C84H44N4O12/c89-21(90)13-85(14-22(91)92)1-5-97-9-11-99-7-3-87-17-81-75-62-45-31-25-27-28-26-30-34-36-40-48-38(30)46(32(26)31)63(62)76(81)65(48)67-50(40)52-57-69-68-56-51-49-39-35-33(29(25)37(45)47(39)64(75)66(49)77-70(56)71(57)78(67)82(77,81)18-87)43-41(27)53-42(28)44(34)61-55(36)59(52)74(69)84-20-88(4-8-100-12-10-98-6-2-86(15-23(93)94)16-24(95)96)19-83(84)73(68)58(51)54(35)60(43)79(83)72(53)80(61)84/h1-20H2,(H,89,90)(H,91,92)(H,93,94)(H,95,96). The zero-order valence-corrected chi connectivity index (χ0v) is 53.0. The molecule has 0 saturated carbocycles. The van der Waals surface area contributed by atoms with E-state index in [9.17, 15) is 39.6 Å². The van der Waals surface area contributed by atoms with Crippen molar-refractivity contribution < 1.29 is 58.6 Å². The summed E-state index contributed by atoms with van der Waals surface area (Å²) in [6.45, 7) is 7.08. The summed E-state index contributed by atoms with van der Waals surface area (Å²) in [5.41, 5.74) is 11.8. The summed E-state index contributed by atoms with van der Waals surface area (Å²) in [5.74, 6) is -4.26. The van der Waals surface area contributed by atoms with Crippen LogP contribution in [0.4, 0.5) is 0 Å². The molecule has 0 aromatic heterocycles. The SMILES string of the molecule is O=C(O)CN(CCOCCOCCN1CC23c4c5c6c7c8c9c%10c(c%11c2c2c%12c4c4c5c5c%13c%14c%15c%16c%17c%18c%19c%20c%21c(c5c6c8c%21c5c%20c6c%18c8c%18c%17c%17c%15c(c%144)c%12c4c2c2c%11c%11c%10c(c95)c6c8c%11c2c%18c%174)C%132CN(CCOCCOCCN(CC(=O)O)CC(=O)O)CC%16%192)C73C1)CC(=O)O. The van der Waals surface area contributed by atoms with Crippen LogP contribution in [0.1, 0.15) is 44.5 Å². The maximum atomic E-state index is 11.6. The van der Waals surface area contributed by atoms with Gasteiger partial charge in [0.2, 0.25) is 0 Å². The average molecular weight is 1300 g/mol. The number of aliphatic carboxylic acids is 4. The first kappa shape index (κ1) is 48.1. The number of hydrogen-bond donors (Lipinski definition) is 4. The van der Waals surface area contributed by atoms with Crippen molar-refractivity contribution >= 4 is 282 Å². The Morgan fingerprint density at radius 2 is 0.400 bits per heavy atom. The second-order valence-corrected chi connectivity index (χ2v) is 33.5. The molecular formula is C84H44N4O12. The molecule has 24 aromatic rings. The van der Waals surface area contributed by atoms with Crippen molar-refractivity contribution in [3.05, 3.63) is 44.5 Å². The molecular weight excluding hydrogens is 1260 g/mol. The molecule has 10 aliphatic rings. The van der Waals surface area contributed by atoms with Gasteiger partial charge in [-0.05, 0) is 303 Å². The van der Waals surface area contributed by atoms with Crippen LogP contribution in [-0.4, -0.2) is 195 Å². The Balaban J connectivity index is 0.677. The number of ether oxygens (including phenoxy) is 4. The molecule has 0 bridgehead atoms. The largest absolute Gasteiger partial charge is 0.480 e. The Bertz CT molecular complexity index is 7790. The van der Waals surface area contributed by atoms with E-state index in [4.69, 9.17) is 18.9 Å². The summed E-state index contributed by atoms with van der Waals surface area (Å²) in [6.07, 6.45) is 0. The normalized spacial score (nSPS) is 23.6. The quantitative estimate of drug-likeness (QED) is 0.0295. The molecule has 2 fully saturated rings. The molecule has 4 N–H and O–H groups in total. The van der Waals surface area contributed by atoms with E-state index in [1.165, 1.54) is 9.80 Å². The number of benzene rings is 15. The Morgan fingerprint density at radius 3 is 0.610 bits per heavy atom. The van der Waals surface area contributed by atoms with Gasteiger partial charge in [-0.3, -0.25) is 38.8 Å². The van der Waals surface area contributed by atoms with Gasteiger partial charge in [0.15, 0.2) is 0 Å². The van der Waals surface area contributed by atoms with Gasteiger partial charge in [-0.25, -0.2) is 0 Å². The summed E-state index contributed by atoms with van der Waals surface area (Å²) in [7, 11) is 0. The highest BCUT2D eigenvalue weighted by molar-refractivity contribution is 6.78. The summed E-state index contributed by atoms with van der Waals surface area (Å²) < 4.78 is 25.3. The molecule has 0 radical (unpaired) electrons. The van der Waals surface area contributed by atoms with Crippen LogP contribution >= 0.6 is 0 Å². The van der Waals surface area contributed by atoms with Gasteiger partial charge in [0.05, 0.1) is 101 Å². The highest BCUT2D eigenvalue weighted by Gasteiger charge is 2.76. The molecule has 2 heterocycles. The maximum Gasteiger partial charge on any atom is 0.317 e. The molecule has 24 aromatic carbocycles. The fraction of sp³-hybridized carbons (Fsp3) is 0.286. The zero-order valence-electron chi connectivity index (χ0n) is 53.0. The van der Waals surface area contributed by atoms with Crippen LogP contribution in [0.3, 0.4) is 0 Å². The third kappa shape index (κ3) is 3.57. The predicted octanol–water partition coefficient (Wildman–Crippen LogP) is 12.5. The van der Waals surface area contributed by atoms with Gasteiger partial charge in [0.1, 0.15) is 0 Å². The number of carboxylic acid groups (broad SMARTS) is 4. The second-order valence-electron chi connectivity index (χ2n) is 33.5. The Labute approximate surface area is 555 Å². The van der Waals surface area contributed by atoms with E-state index in [0.29, 0.717) is 39.6 Å². The highest BCUT2D eigenvalue weighted by Crippen LogP contribution is 2.88. The van der Waals surface area contributed by atoms with Gasteiger partial charge in [0.25, 0.3) is 0 Å². The number of rotatable bonds is 26. The second kappa shape index (κ2) is 13.1. The lowest BCUT2D eigenvalue weighted by molar-refractivity contribution is -0.144. The van der Waals surface area contributed by atoms with E-state index in [0.717, 1.165) is 39.3 Å². The number of likely N-dealkylation sites (tertiary alicyclic amines) is 2. The Morgan fingerprint density at radius 1 is 0.240 bits per heavy atom. The van der Waals surface area contributed by atoms with Crippen molar-refractivity contribution in [1.82, 2.24) is 19.6 Å². The van der Waals surface area contributed by atoms with E-state index in [2.05, 4.69) is 9.80 Å². The van der Waals surface area contributed by atoms with Crippen molar-refractivity contribution in [3.63, 3.8) is 0 Å². The average Bonchev–Trinajstić information content (AvgIpc) is 1.37. The lowest BCUT2D eigenvalue weighted by atomic mass is 9.50. The molecule has 4 spiro atoms. The lowest BCUT2D eigenvalue weighted by Crippen LogP contribution is -2.51. The molecule has 100 heavy (non-hydrogen) atoms. The van der Waals surface area contributed by atoms with E-state index < -0.39 is 23.9 Å². The van der Waals surface area contributed by atoms with Crippen LogP contribution < -0.4 is 0 Å². The molecule has 2 atom stereocenters. The van der Waals surface area contributed by atoms with Crippen LogP contribution in [0.15, 0.2) is 0 Å². The van der Waals surface area contributed by atoms with Crippen LogP contribution in [0.2, 0.25) is 0 Å². The van der Waals surface area contributed by atoms with Crippen molar-refractivity contribution in [1.29, 1.82) is 0 Å². The van der Waals surface area contributed by atoms with Gasteiger partial charge < -0.3 is 39.4 Å². The number of nitrogens with zero attached hydrogens (tertiary/aromatic N) is 4. The van der Waals surface area contributed by atoms with Crippen molar-refractivity contribution in [3.8, 4) is 0 Å². The lowest BCUT2D eigenvalue weighted by Gasteiger charge is -2.49. The smallest absolute Gasteiger partial charge is 0.317 e. The minimum atomic E-state index is -1.07. The molecule has 2 saturated heterocycles. The first-order valence-electron chi connectivity index (χ1n) is 36.1. The molecule has 2 unspecified atom stereocenters. The first-order valence-corrected chi connectivity index (χ1v) is 36.1. The molecule has 0 amide bonds. The third-order valence-corrected chi connectivity index (χ3v) is 31.1. The van der Waals surface area contributed by atoms with E-state index in [1.54, 1.807) is 303 Å². The van der Waals surface area contributed by atoms with E-state index >= 15 is 0 Å². The number of carbonyl (C=O) groups is 4. The van der Waals surface area contributed by atoms with Gasteiger partial charge >= 0.3 is 23.9 Å². The van der Waals surface area contributed by atoms with Gasteiger partial charge in [-0.1, -0.05) is 0 Å². The predicted molar refractivity (Wildman–Crippen MR) is 387 cm³/mol. The minimum Gasteiger partial charge on any atom is -0.480 e. The summed E-state index contributed by atoms with van der Waals surface area (Å²) in [4.78, 5) is 54.8. The molecule has 16 heteroatoms. The van der Waals surface area contributed by atoms with Gasteiger partial charge in [0, 0.05) is 52.4 Å². The topological polar surface area (TPSA) is 199 Å². The third-order valence-electron chi connectivity index (χ3n) is 31.1. The fourth-order valence-electron chi connectivity index (χ4n) is 30.2. The van der Waals surface area contributed by atoms with Gasteiger partial charge in [-0.2, -0.15) is 0 Å². The van der Waals surface area contributed by atoms with Crippen molar-refractivity contribution in [2.75, 3.05) is 131 Å². The van der Waals surface area contributed by atoms with Crippen LogP contribution in [0.5, 0.6) is 0 Å². The summed E-state index contributed by atoms with van der Waals surface area (Å²) in [6, 6.07) is 0. The van der Waals surface area contributed by atoms with E-state index in [1.807, 2.05) is 0 Å².